The van der Waals surface area contributed by atoms with Crippen LogP contribution >= 0.6 is 0 Å². The molecule has 0 aliphatic carbocycles. The molecule has 116 valence electrons. The van der Waals surface area contributed by atoms with Gasteiger partial charge in [-0.15, -0.1) is 0 Å². The normalized spacial score (nSPS) is 9.22. The van der Waals surface area contributed by atoms with Gasteiger partial charge in [-0.05, 0) is 49.9 Å². The number of aromatic carboxylic acids is 2. The molecule has 5 heteroatoms. The first-order valence-corrected chi connectivity index (χ1v) is 6.80. The van der Waals surface area contributed by atoms with E-state index in [0.29, 0.717) is 11.1 Å². The molecule has 2 rings (SSSR count). The summed E-state index contributed by atoms with van der Waals surface area (Å²) in [5.41, 5.74) is 3.64. The molecule has 0 N–H and O–H groups in total. The Labute approximate surface area is 148 Å². The standard InChI is InChI=1S/2C9H10O2.Zn/c2*1-6-4-3-5-7(2)8(6)9(10)11;/h2*3-5H,1-2H3,(H,10,11);/q;;+2/p-2. The molecule has 0 spiro atoms. The molecule has 0 saturated heterocycles. The van der Waals surface area contributed by atoms with E-state index in [4.69, 9.17) is 0 Å². The molecular weight excluding hydrogens is 346 g/mol. The van der Waals surface area contributed by atoms with Crippen molar-refractivity contribution < 1.29 is 39.3 Å². The number of carbonyl (C=O) groups excluding carboxylic acids is 2. The maximum Gasteiger partial charge on any atom is 2.00 e. The molecule has 2 aromatic rings. The second-order valence-corrected chi connectivity index (χ2v) is 5.11. The summed E-state index contributed by atoms with van der Waals surface area (Å²) in [6.45, 7) is 7.05. The van der Waals surface area contributed by atoms with E-state index in [2.05, 4.69) is 0 Å². The SMILES string of the molecule is Cc1cccc(C)c1C(=O)[O-].Cc1cccc(C)c1C(=O)[O-].[Zn+2]. The monoisotopic (exact) mass is 362 g/mol. The number of carboxylic acid groups (broad SMARTS) is 2. The van der Waals surface area contributed by atoms with Gasteiger partial charge in [0.15, 0.2) is 0 Å². The van der Waals surface area contributed by atoms with Crippen molar-refractivity contribution in [2.45, 2.75) is 27.7 Å². The fourth-order valence-corrected chi connectivity index (χ4v) is 2.27. The van der Waals surface area contributed by atoms with Crippen molar-refractivity contribution in [1.29, 1.82) is 0 Å². The van der Waals surface area contributed by atoms with Gasteiger partial charge in [0.1, 0.15) is 0 Å². The van der Waals surface area contributed by atoms with Crippen LogP contribution in [0.3, 0.4) is 0 Å². The van der Waals surface area contributed by atoms with E-state index in [0.717, 1.165) is 22.3 Å². The van der Waals surface area contributed by atoms with Gasteiger partial charge in [0, 0.05) is 11.1 Å². The summed E-state index contributed by atoms with van der Waals surface area (Å²) in [4.78, 5) is 21.1. The first kappa shape index (κ1) is 21.0. The van der Waals surface area contributed by atoms with Crippen LogP contribution in [0.5, 0.6) is 0 Å². The second-order valence-electron chi connectivity index (χ2n) is 5.11. The van der Waals surface area contributed by atoms with Crippen LogP contribution < -0.4 is 10.2 Å². The van der Waals surface area contributed by atoms with Crippen molar-refractivity contribution in [2.75, 3.05) is 0 Å². The summed E-state index contributed by atoms with van der Waals surface area (Å²) in [6.07, 6.45) is 0. The van der Waals surface area contributed by atoms with Gasteiger partial charge < -0.3 is 19.8 Å². The average Bonchev–Trinajstić information content (AvgIpc) is 2.38. The minimum absolute atomic E-state index is 0. The van der Waals surface area contributed by atoms with Crippen molar-refractivity contribution in [3.05, 3.63) is 69.8 Å². The van der Waals surface area contributed by atoms with Gasteiger partial charge in [-0.3, -0.25) is 0 Å². The van der Waals surface area contributed by atoms with E-state index < -0.39 is 11.9 Å². The number of aryl methyl sites for hydroxylation is 4. The van der Waals surface area contributed by atoms with Crippen molar-refractivity contribution >= 4 is 11.9 Å². The van der Waals surface area contributed by atoms with Crippen LogP contribution in [0.25, 0.3) is 0 Å². The van der Waals surface area contributed by atoms with Crippen LogP contribution in [0, 0.1) is 27.7 Å². The van der Waals surface area contributed by atoms with E-state index in [-0.39, 0.29) is 19.5 Å². The summed E-state index contributed by atoms with van der Waals surface area (Å²) in [5, 5.41) is 21.1. The molecule has 0 bridgehead atoms. The quantitative estimate of drug-likeness (QED) is 0.754. The number of hydrogen-bond acceptors (Lipinski definition) is 4. The fraction of sp³-hybridized carbons (Fsp3) is 0.222. The Balaban J connectivity index is 0.000000403. The van der Waals surface area contributed by atoms with Crippen LogP contribution in [-0.2, 0) is 19.5 Å². The fourth-order valence-electron chi connectivity index (χ4n) is 2.27. The Hall–Kier alpha value is -2.00. The largest absolute Gasteiger partial charge is 2.00 e. The molecule has 0 atom stereocenters. The molecule has 0 radical (unpaired) electrons. The predicted molar refractivity (Wildman–Crippen MR) is 80.5 cm³/mol. The van der Waals surface area contributed by atoms with Gasteiger partial charge in [-0.25, -0.2) is 0 Å². The summed E-state index contributed by atoms with van der Waals surface area (Å²) >= 11 is 0. The first-order chi connectivity index (χ1) is 10.3. The average molecular weight is 364 g/mol. The number of carboxylic acids is 2. The van der Waals surface area contributed by atoms with Crippen LogP contribution in [0.15, 0.2) is 36.4 Å². The van der Waals surface area contributed by atoms with E-state index in [1.54, 1.807) is 52.0 Å². The van der Waals surface area contributed by atoms with Crippen molar-refractivity contribution in [3.8, 4) is 0 Å². The zero-order valence-corrected chi connectivity index (χ0v) is 16.8. The predicted octanol–water partition coefficient (Wildman–Crippen LogP) is 1.33. The third-order valence-electron chi connectivity index (χ3n) is 3.37. The van der Waals surface area contributed by atoms with Gasteiger partial charge in [-0.2, -0.15) is 0 Å². The zero-order valence-electron chi connectivity index (χ0n) is 13.8. The molecule has 2 aromatic carbocycles. The van der Waals surface area contributed by atoms with Crippen molar-refractivity contribution in [1.82, 2.24) is 0 Å². The van der Waals surface area contributed by atoms with Gasteiger partial charge in [0.25, 0.3) is 0 Å². The number of rotatable bonds is 2. The smallest absolute Gasteiger partial charge is 0.545 e. The Morgan fingerprint density at radius 1 is 0.652 bits per heavy atom. The first-order valence-electron chi connectivity index (χ1n) is 6.80. The summed E-state index contributed by atoms with van der Waals surface area (Å²) in [6, 6.07) is 10.7. The third-order valence-corrected chi connectivity index (χ3v) is 3.37. The molecule has 0 fully saturated rings. The molecule has 0 heterocycles. The Morgan fingerprint density at radius 2 is 0.870 bits per heavy atom. The molecule has 4 nitrogen and oxygen atoms in total. The maximum atomic E-state index is 10.5. The Bertz CT molecular complexity index is 606. The maximum absolute atomic E-state index is 10.5. The van der Waals surface area contributed by atoms with E-state index in [1.807, 2.05) is 12.1 Å². The molecule has 0 aliphatic heterocycles. The van der Waals surface area contributed by atoms with E-state index in [9.17, 15) is 19.8 Å². The minimum atomic E-state index is -1.10. The van der Waals surface area contributed by atoms with Gasteiger partial charge in [0.2, 0.25) is 0 Å². The molecule has 0 aliphatic rings. The van der Waals surface area contributed by atoms with E-state index >= 15 is 0 Å². The molecule has 0 saturated carbocycles. The molecular formula is C18H18O4Zn. The Morgan fingerprint density at radius 3 is 1.00 bits per heavy atom. The molecule has 0 amide bonds. The van der Waals surface area contributed by atoms with Crippen LogP contribution in [0.4, 0.5) is 0 Å². The van der Waals surface area contributed by atoms with Crippen LogP contribution in [-0.4, -0.2) is 11.9 Å². The molecule has 0 aromatic heterocycles. The van der Waals surface area contributed by atoms with Gasteiger partial charge in [0.05, 0.1) is 11.9 Å². The van der Waals surface area contributed by atoms with Gasteiger partial charge in [-0.1, -0.05) is 36.4 Å². The van der Waals surface area contributed by atoms with Gasteiger partial charge >= 0.3 is 19.5 Å². The topological polar surface area (TPSA) is 80.3 Å². The molecule has 23 heavy (non-hydrogen) atoms. The summed E-state index contributed by atoms with van der Waals surface area (Å²) < 4.78 is 0. The van der Waals surface area contributed by atoms with Crippen LogP contribution in [0.2, 0.25) is 0 Å². The van der Waals surface area contributed by atoms with E-state index in [1.165, 1.54) is 0 Å². The van der Waals surface area contributed by atoms with Crippen molar-refractivity contribution in [3.63, 3.8) is 0 Å². The summed E-state index contributed by atoms with van der Waals surface area (Å²) in [5.74, 6) is -2.19. The second kappa shape index (κ2) is 9.21. The zero-order chi connectivity index (χ0) is 16.9. The Kier molecular flexibility index (Phi) is 8.41. The van der Waals surface area contributed by atoms with Crippen molar-refractivity contribution in [2.24, 2.45) is 0 Å². The third kappa shape index (κ3) is 5.61. The summed E-state index contributed by atoms with van der Waals surface area (Å²) in [7, 11) is 0. The number of hydrogen-bond donors (Lipinski definition) is 0. The molecule has 0 unspecified atom stereocenters. The number of benzene rings is 2. The minimum Gasteiger partial charge on any atom is -0.545 e. The van der Waals surface area contributed by atoms with Crippen LogP contribution in [0.1, 0.15) is 43.0 Å². The number of carbonyl (C=O) groups is 2.